The monoisotopic (exact) mass is 145 g/mol. The van der Waals surface area contributed by atoms with E-state index in [0.717, 1.165) is 0 Å². The average Bonchev–Trinajstić information content (AvgIpc) is 1.89. The quantitative estimate of drug-likeness (QED) is 0.354. The zero-order chi connectivity index (χ0) is 7.11. The lowest BCUT2D eigenvalue weighted by atomic mass is 10.5. The summed E-state index contributed by atoms with van der Waals surface area (Å²) in [5.41, 5.74) is 0. The van der Waals surface area contributed by atoms with Crippen molar-refractivity contribution in [2.24, 2.45) is 0 Å². The molecule has 0 fully saturated rings. The summed E-state index contributed by atoms with van der Waals surface area (Å²) in [6.45, 7) is 0.176. The van der Waals surface area contributed by atoms with E-state index in [1.54, 1.807) is 0 Å². The van der Waals surface area contributed by atoms with Gasteiger partial charge in [0.05, 0.1) is 18.2 Å². The topological polar surface area (TPSA) is 50.1 Å². The summed E-state index contributed by atoms with van der Waals surface area (Å²) in [5.74, 6) is -0.306. The van der Waals surface area contributed by atoms with E-state index in [9.17, 15) is 4.79 Å². The first-order chi connectivity index (χ1) is 4.31. The molecule has 0 saturated carbocycles. The number of ether oxygens (including phenoxy) is 1. The Balaban J connectivity index is 3.09. The fraction of sp³-hybridized carbons (Fsp3) is 0.600. The summed E-state index contributed by atoms with van der Waals surface area (Å²) in [4.78, 5) is 10.3. The van der Waals surface area contributed by atoms with Crippen molar-refractivity contribution >= 4 is 18.6 Å². The zero-order valence-electron chi connectivity index (χ0n) is 4.83. The SMILES string of the molecule is N#CCCOC(=O)CS. The lowest BCUT2D eigenvalue weighted by Crippen LogP contribution is -2.05. The fourth-order valence-electron chi connectivity index (χ4n) is 0.256. The third-order valence-electron chi connectivity index (χ3n) is 0.606. The van der Waals surface area contributed by atoms with Gasteiger partial charge >= 0.3 is 5.97 Å². The van der Waals surface area contributed by atoms with Crippen molar-refractivity contribution in [2.75, 3.05) is 12.4 Å². The van der Waals surface area contributed by atoms with Gasteiger partial charge in [0, 0.05) is 0 Å². The Morgan fingerprint density at radius 2 is 2.44 bits per heavy atom. The third-order valence-corrected chi connectivity index (χ3v) is 0.864. The number of hydrogen-bond acceptors (Lipinski definition) is 4. The molecule has 0 unspecified atom stereocenters. The number of rotatable bonds is 3. The number of thiol groups is 1. The first-order valence-corrected chi connectivity index (χ1v) is 3.08. The van der Waals surface area contributed by atoms with Crippen LogP contribution in [-0.2, 0) is 9.53 Å². The molecule has 0 aliphatic rings. The van der Waals surface area contributed by atoms with E-state index in [4.69, 9.17) is 5.26 Å². The molecule has 0 atom stereocenters. The molecule has 4 heteroatoms. The van der Waals surface area contributed by atoms with Crippen LogP contribution in [0.2, 0.25) is 0 Å². The highest BCUT2D eigenvalue weighted by Crippen LogP contribution is 1.83. The molecule has 0 bridgehead atoms. The molecule has 0 aliphatic carbocycles. The van der Waals surface area contributed by atoms with Gasteiger partial charge in [-0.3, -0.25) is 4.79 Å². The predicted octanol–water partition coefficient (Wildman–Crippen LogP) is 0.373. The molecule has 3 nitrogen and oxygen atoms in total. The van der Waals surface area contributed by atoms with Crippen LogP contribution in [-0.4, -0.2) is 18.3 Å². The molecule has 0 aromatic rings. The van der Waals surface area contributed by atoms with Gasteiger partial charge < -0.3 is 4.74 Å². The Kier molecular flexibility index (Phi) is 5.03. The molecule has 0 heterocycles. The van der Waals surface area contributed by atoms with E-state index in [2.05, 4.69) is 17.4 Å². The lowest BCUT2D eigenvalue weighted by Gasteiger charge is -1.95. The van der Waals surface area contributed by atoms with Gasteiger partial charge in [0.2, 0.25) is 0 Å². The molecule has 0 radical (unpaired) electrons. The molecule has 0 aromatic carbocycles. The van der Waals surface area contributed by atoms with Crippen LogP contribution in [0.1, 0.15) is 6.42 Å². The van der Waals surface area contributed by atoms with E-state index in [0.29, 0.717) is 0 Å². The number of nitriles is 1. The number of carbonyl (C=O) groups is 1. The van der Waals surface area contributed by atoms with Crippen LogP contribution in [0.5, 0.6) is 0 Å². The highest BCUT2D eigenvalue weighted by atomic mass is 32.1. The normalized spacial score (nSPS) is 8.00. The Morgan fingerprint density at radius 3 is 2.89 bits per heavy atom. The van der Waals surface area contributed by atoms with Crippen molar-refractivity contribution in [1.29, 1.82) is 5.26 Å². The Morgan fingerprint density at radius 1 is 1.78 bits per heavy atom. The minimum absolute atomic E-state index is 0.0748. The highest BCUT2D eigenvalue weighted by Gasteiger charge is 1.95. The van der Waals surface area contributed by atoms with Crippen molar-refractivity contribution < 1.29 is 9.53 Å². The standard InChI is InChI=1S/C5H7NO2S/c6-2-1-3-8-5(7)4-9/h9H,1,3-4H2. The molecule has 9 heavy (non-hydrogen) atoms. The van der Waals surface area contributed by atoms with Gasteiger partial charge in [-0.1, -0.05) is 0 Å². The summed E-state index contributed by atoms with van der Waals surface area (Å²) >= 11 is 3.66. The maximum absolute atomic E-state index is 10.3. The minimum Gasteiger partial charge on any atom is -0.464 e. The smallest absolute Gasteiger partial charge is 0.315 e. The van der Waals surface area contributed by atoms with Crippen LogP contribution in [0.3, 0.4) is 0 Å². The number of carbonyl (C=O) groups excluding carboxylic acids is 1. The highest BCUT2D eigenvalue weighted by molar-refractivity contribution is 7.81. The largest absolute Gasteiger partial charge is 0.464 e. The molecular weight excluding hydrogens is 138 g/mol. The third kappa shape index (κ3) is 5.18. The first-order valence-electron chi connectivity index (χ1n) is 2.44. The van der Waals surface area contributed by atoms with E-state index in [-0.39, 0.29) is 24.7 Å². The van der Waals surface area contributed by atoms with Gasteiger partial charge in [0.1, 0.15) is 6.61 Å². The summed E-state index contributed by atoms with van der Waals surface area (Å²) in [7, 11) is 0. The van der Waals surface area contributed by atoms with Crippen LogP contribution in [0, 0.1) is 11.3 Å². The van der Waals surface area contributed by atoms with Crippen LogP contribution in [0.25, 0.3) is 0 Å². The maximum atomic E-state index is 10.3. The van der Waals surface area contributed by atoms with E-state index >= 15 is 0 Å². The molecule has 0 saturated heterocycles. The summed E-state index contributed by atoms with van der Waals surface area (Å²) in [5, 5.41) is 7.99. The van der Waals surface area contributed by atoms with Crippen molar-refractivity contribution in [1.82, 2.24) is 0 Å². The van der Waals surface area contributed by atoms with Crippen LogP contribution >= 0.6 is 12.6 Å². The number of esters is 1. The Bertz CT molecular complexity index is 129. The molecule has 50 valence electrons. The molecule has 0 aliphatic heterocycles. The number of nitrogens with zero attached hydrogens (tertiary/aromatic N) is 1. The average molecular weight is 145 g/mol. The summed E-state index contributed by atoms with van der Waals surface area (Å²) in [6.07, 6.45) is 0.250. The zero-order valence-corrected chi connectivity index (χ0v) is 5.73. The van der Waals surface area contributed by atoms with E-state index in [1.807, 2.05) is 6.07 Å². The lowest BCUT2D eigenvalue weighted by molar-refractivity contribution is -0.140. The number of hydrogen-bond donors (Lipinski definition) is 1. The second kappa shape index (κ2) is 5.45. The molecule has 0 rings (SSSR count). The van der Waals surface area contributed by atoms with Gasteiger partial charge in [-0.2, -0.15) is 17.9 Å². The van der Waals surface area contributed by atoms with E-state index < -0.39 is 0 Å². The predicted molar refractivity (Wildman–Crippen MR) is 35.0 cm³/mol. The van der Waals surface area contributed by atoms with Crippen molar-refractivity contribution in [3.8, 4) is 6.07 Å². The van der Waals surface area contributed by atoms with Gasteiger partial charge in [-0.25, -0.2) is 0 Å². The van der Waals surface area contributed by atoms with Crippen LogP contribution < -0.4 is 0 Å². The minimum atomic E-state index is -0.381. The molecule has 0 amide bonds. The van der Waals surface area contributed by atoms with Gasteiger partial charge in [-0.05, 0) is 0 Å². The van der Waals surface area contributed by atoms with Crippen molar-refractivity contribution in [3.63, 3.8) is 0 Å². The summed E-state index contributed by atoms with van der Waals surface area (Å²) in [6, 6.07) is 1.84. The maximum Gasteiger partial charge on any atom is 0.315 e. The van der Waals surface area contributed by atoms with Gasteiger partial charge in [0.25, 0.3) is 0 Å². The van der Waals surface area contributed by atoms with Crippen molar-refractivity contribution in [3.05, 3.63) is 0 Å². The first kappa shape index (κ1) is 8.31. The molecule has 0 N–H and O–H groups in total. The van der Waals surface area contributed by atoms with E-state index in [1.165, 1.54) is 0 Å². The fourth-order valence-corrected chi connectivity index (χ4v) is 0.347. The van der Waals surface area contributed by atoms with Crippen LogP contribution in [0.4, 0.5) is 0 Å². The van der Waals surface area contributed by atoms with Gasteiger partial charge in [0.15, 0.2) is 0 Å². The molecule has 0 aromatic heterocycles. The second-order valence-corrected chi connectivity index (χ2v) is 1.60. The second-order valence-electron chi connectivity index (χ2n) is 1.29. The Hall–Kier alpha value is -0.690. The Labute approximate surface area is 59.0 Å². The molecule has 0 spiro atoms. The van der Waals surface area contributed by atoms with Crippen molar-refractivity contribution in [2.45, 2.75) is 6.42 Å². The summed E-state index contributed by atoms with van der Waals surface area (Å²) < 4.78 is 4.49. The molecular formula is C5H7NO2S. The van der Waals surface area contributed by atoms with Gasteiger partial charge in [-0.15, -0.1) is 0 Å². The van der Waals surface area contributed by atoms with Crippen LogP contribution in [0.15, 0.2) is 0 Å².